The van der Waals surface area contributed by atoms with Gasteiger partial charge in [0, 0.05) is 12.6 Å². The molecule has 1 unspecified atom stereocenters. The molecule has 0 aliphatic heterocycles. The summed E-state index contributed by atoms with van der Waals surface area (Å²) in [4.78, 5) is 13.0. The number of carbonyl (C=O) groups is 1. The molecule has 6 heteroatoms. The summed E-state index contributed by atoms with van der Waals surface area (Å²) in [7, 11) is 3.20. The molecular weight excluding hydrogens is 352 g/mol. The average molecular weight is 385 g/mol. The van der Waals surface area contributed by atoms with Gasteiger partial charge < -0.3 is 20.5 Å². The lowest BCUT2D eigenvalue weighted by Crippen LogP contribution is -2.51. The maximum atomic E-state index is 13.0. The predicted molar refractivity (Wildman–Crippen MR) is 107 cm³/mol. The van der Waals surface area contributed by atoms with Gasteiger partial charge in [-0.05, 0) is 50.3 Å². The van der Waals surface area contributed by atoms with Crippen LogP contribution in [0.2, 0.25) is 0 Å². The van der Waals surface area contributed by atoms with Crippen molar-refractivity contribution >= 4 is 18.3 Å². The van der Waals surface area contributed by atoms with Crippen LogP contribution >= 0.6 is 12.4 Å². The van der Waals surface area contributed by atoms with E-state index in [2.05, 4.69) is 5.32 Å². The van der Waals surface area contributed by atoms with Gasteiger partial charge in [-0.15, -0.1) is 12.4 Å². The molecule has 0 heterocycles. The third kappa shape index (κ3) is 5.04. The summed E-state index contributed by atoms with van der Waals surface area (Å²) in [5.74, 6) is 1.78. The molecule has 1 amide bonds. The summed E-state index contributed by atoms with van der Waals surface area (Å²) in [6.45, 7) is 4.34. The molecule has 26 heavy (non-hydrogen) atoms. The molecule has 1 aromatic rings. The van der Waals surface area contributed by atoms with Crippen LogP contribution in [0.5, 0.6) is 11.5 Å². The van der Waals surface area contributed by atoms with Crippen molar-refractivity contribution in [2.24, 2.45) is 11.7 Å². The molecule has 148 valence electrons. The lowest BCUT2D eigenvalue weighted by molar-refractivity contribution is -0.126. The second-order valence-electron chi connectivity index (χ2n) is 7.41. The Kier molecular flexibility index (Phi) is 8.71. The topological polar surface area (TPSA) is 73.6 Å². The van der Waals surface area contributed by atoms with Crippen LogP contribution in [-0.2, 0) is 10.2 Å². The summed E-state index contributed by atoms with van der Waals surface area (Å²) in [5, 5.41) is 3.21. The molecule has 1 aliphatic carbocycles. The molecule has 0 aromatic heterocycles. The highest BCUT2D eigenvalue weighted by Gasteiger charge is 2.34. The van der Waals surface area contributed by atoms with E-state index < -0.39 is 5.41 Å². The van der Waals surface area contributed by atoms with Crippen LogP contribution in [0.1, 0.15) is 51.5 Å². The third-order valence-electron chi connectivity index (χ3n) is 5.46. The maximum absolute atomic E-state index is 13.0. The number of hydrogen-bond donors (Lipinski definition) is 2. The standard InChI is InChI=1S/C20H32N2O3.ClH/c1-20(2,15-10-11-17(24-3)18(12-15)25-4)19(23)22-16(13-21)14-8-6-5-7-9-14;/h10-12,14,16H,5-9,13,21H2,1-4H3,(H,22,23);1H. The van der Waals surface area contributed by atoms with Crippen molar-refractivity contribution in [3.8, 4) is 11.5 Å². The Hall–Kier alpha value is -1.46. The average Bonchev–Trinajstić information content (AvgIpc) is 2.65. The first kappa shape index (κ1) is 22.6. The highest BCUT2D eigenvalue weighted by Crippen LogP contribution is 2.34. The van der Waals surface area contributed by atoms with Crippen molar-refractivity contribution in [1.29, 1.82) is 0 Å². The molecule has 3 N–H and O–H groups in total. The maximum Gasteiger partial charge on any atom is 0.230 e. The number of nitrogens with one attached hydrogen (secondary N) is 1. The summed E-state index contributed by atoms with van der Waals surface area (Å²) >= 11 is 0. The van der Waals surface area contributed by atoms with Crippen molar-refractivity contribution in [2.75, 3.05) is 20.8 Å². The van der Waals surface area contributed by atoms with E-state index in [-0.39, 0.29) is 24.4 Å². The first-order chi connectivity index (χ1) is 11.9. The molecule has 1 aliphatic rings. The number of methoxy groups -OCH3 is 2. The number of rotatable bonds is 7. The van der Waals surface area contributed by atoms with Gasteiger partial charge >= 0.3 is 0 Å². The van der Waals surface area contributed by atoms with Crippen LogP contribution < -0.4 is 20.5 Å². The summed E-state index contributed by atoms with van der Waals surface area (Å²) in [5.41, 5.74) is 6.18. The fourth-order valence-corrected chi connectivity index (χ4v) is 3.61. The highest BCUT2D eigenvalue weighted by molar-refractivity contribution is 5.87. The van der Waals surface area contributed by atoms with E-state index in [1.54, 1.807) is 14.2 Å². The van der Waals surface area contributed by atoms with Gasteiger partial charge in [-0.3, -0.25) is 4.79 Å². The zero-order valence-electron chi connectivity index (χ0n) is 16.3. The summed E-state index contributed by atoms with van der Waals surface area (Å²) in [6, 6.07) is 5.67. The Balaban J connectivity index is 0.00000338. The number of amides is 1. The third-order valence-corrected chi connectivity index (χ3v) is 5.46. The molecule has 0 bridgehead atoms. The lowest BCUT2D eigenvalue weighted by atomic mass is 9.81. The van der Waals surface area contributed by atoms with Crippen LogP contribution in [0.4, 0.5) is 0 Å². The Morgan fingerprint density at radius 1 is 1.19 bits per heavy atom. The minimum Gasteiger partial charge on any atom is -0.493 e. The van der Waals surface area contributed by atoms with Crippen molar-refractivity contribution in [2.45, 2.75) is 57.4 Å². The van der Waals surface area contributed by atoms with E-state index in [4.69, 9.17) is 15.2 Å². The molecule has 1 saturated carbocycles. The first-order valence-electron chi connectivity index (χ1n) is 9.17. The predicted octanol–water partition coefficient (Wildman–Crippen LogP) is 3.43. The van der Waals surface area contributed by atoms with Crippen molar-refractivity contribution in [1.82, 2.24) is 5.32 Å². The number of halogens is 1. The number of hydrogen-bond acceptors (Lipinski definition) is 4. The molecule has 2 rings (SSSR count). The molecule has 1 aromatic carbocycles. The van der Waals surface area contributed by atoms with Gasteiger partial charge in [0.1, 0.15) is 0 Å². The number of benzene rings is 1. The molecule has 0 radical (unpaired) electrons. The van der Waals surface area contributed by atoms with Crippen LogP contribution in [0.3, 0.4) is 0 Å². The van der Waals surface area contributed by atoms with Crippen LogP contribution in [0.15, 0.2) is 18.2 Å². The molecule has 1 fully saturated rings. The molecular formula is C20H33ClN2O3. The van der Waals surface area contributed by atoms with E-state index in [9.17, 15) is 4.79 Å². The fraction of sp³-hybridized carbons (Fsp3) is 0.650. The van der Waals surface area contributed by atoms with Crippen LogP contribution in [-0.4, -0.2) is 32.7 Å². The van der Waals surface area contributed by atoms with E-state index in [1.165, 1.54) is 19.3 Å². The second-order valence-corrected chi connectivity index (χ2v) is 7.41. The van der Waals surface area contributed by atoms with E-state index >= 15 is 0 Å². The highest BCUT2D eigenvalue weighted by atomic mass is 35.5. The van der Waals surface area contributed by atoms with Crippen LogP contribution in [0.25, 0.3) is 0 Å². The minimum absolute atomic E-state index is 0. The van der Waals surface area contributed by atoms with E-state index in [0.717, 1.165) is 18.4 Å². The van der Waals surface area contributed by atoms with Gasteiger partial charge in [-0.2, -0.15) is 0 Å². The van der Waals surface area contributed by atoms with Gasteiger partial charge in [-0.1, -0.05) is 25.3 Å². The zero-order valence-corrected chi connectivity index (χ0v) is 17.2. The van der Waals surface area contributed by atoms with Gasteiger partial charge in [0.2, 0.25) is 5.91 Å². The Morgan fingerprint density at radius 3 is 2.35 bits per heavy atom. The Morgan fingerprint density at radius 2 is 1.81 bits per heavy atom. The first-order valence-corrected chi connectivity index (χ1v) is 9.17. The number of nitrogens with two attached hydrogens (primary N) is 1. The molecule has 1 atom stereocenters. The molecule has 0 saturated heterocycles. The quantitative estimate of drug-likeness (QED) is 0.755. The van der Waals surface area contributed by atoms with Gasteiger partial charge in [-0.25, -0.2) is 0 Å². The van der Waals surface area contributed by atoms with Gasteiger partial charge in [0.25, 0.3) is 0 Å². The Labute approximate surface area is 163 Å². The largest absolute Gasteiger partial charge is 0.493 e. The SMILES string of the molecule is COc1ccc(C(C)(C)C(=O)NC(CN)C2CCCCC2)cc1OC.Cl. The summed E-state index contributed by atoms with van der Waals surface area (Å²) < 4.78 is 10.7. The normalized spacial score (nSPS) is 16.3. The van der Waals surface area contributed by atoms with E-state index in [0.29, 0.717) is 24.0 Å². The minimum atomic E-state index is -0.679. The number of ether oxygens (including phenoxy) is 2. The van der Waals surface area contributed by atoms with Crippen LogP contribution in [0, 0.1) is 5.92 Å². The lowest BCUT2D eigenvalue weighted by Gasteiger charge is -2.33. The van der Waals surface area contributed by atoms with E-state index in [1.807, 2.05) is 32.0 Å². The molecule has 0 spiro atoms. The second kappa shape index (κ2) is 10.0. The van der Waals surface area contributed by atoms with Crippen molar-refractivity contribution in [3.05, 3.63) is 23.8 Å². The smallest absolute Gasteiger partial charge is 0.230 e. The van der Waals surface area contributed by atoms with Gasteiger partial charge in [0.05, 0.1) is 19.6 Å². The zero-order chi connectivity index (χ0) is 18.4. The monoisotopic (exact) mass is 384 g/mol. The Bertz CT molecular complexity index is 586. The molecule has 5 nitrogen and oxygen atoms in total. The summed E-state index contributed by atoms with van der Waals surface area (Å²) in [6.07, 6.45) is 6.06. The van der Waals surface area contributed by atoms with Crippen molar-refractivity contribution < 1.29 is 14.3 Å². The number of carbonyl (C=O) groups excluding carboxylic acids is 1. The van der Waals surface area contributed by atoms with Crippen molar-refractivity contribution in [3.63, 3.8) is 0 Å². The van der Waals surface area contributed by atoms with Gasteiger partial charge in [0.15, 0.2) is 11.5 Å². The fourth-order valence-electron chi connectivity index (χ4n) is 3.61.